The molecule has 1 aromatic carbocycles. The highest BCUT2D eigenvalue weighted by Gasteiger charge is 2.40. The fourth-order valence-corrected chi connectivity index (χ4v) is 3.62. The second-order valence-electron chi connectivity index (χ2n) is 6.45. The van der Waals surface area contributed by atoms with Gasteiger partial charge in [-0.25, -0.2) is 8.78 Å². The van der Waals surface area contributed by atoms with Crippen LogP contribution in [0.4, 0.5) is 8.78 Å². The lowest BCUT2D eigenvalue weighted by atomic mass is 9.77. The summed E-state index contributed by atoms with van der Waals surface area (Å²) < 4.78 is 32.8. The lowest BCUT2D eigenvalue weighted by Gasteiger charge is -2.46. The number of halogens is 2. The van der Waals surface area contributed by atoms with Crippen LogP contribution in [-0.2, 0) is 4.74 Å². The van der Waals surface area contributed by atoms with Gasteiger partial charge in [-0.05, 0) is 49.3 Å². The van der Waals surface area contributed by atoms with Gasteiger partial charge in [0, 0.05) is 13.1 Å². The average molecular weight is 295 g/mol. The van der Waals surface area contributed by atoms with Crippen molar-refractivity contribution in [1.82, 2.24) is 5.32 Å². The molecule has 4 heteroatoms. The Balaban J connectivity index is 1.72. The normalized spacial score (nSPS) is 33.3. The highest BCUT2D eigenvalue weighted by atomic mass is 19.2. The van der Waals surface area contributed by atoms with Crippen LogP contribution in [-0.4, -0.2) is 18.7 Å². The number of hydrogen-bond donors (Lipinski definition) is 1. The van der Waals surface area contributed by atoms with Crippen LogP contribution < -0.4 is 5.32 Å². The molecule has 1 aliphatic carbocycles. The third kappa shape index (κ3) is 3.11. The average Bonchev–Trinajstić information content (AvgIpc) is 2.51. The summed E-state index contributed by atoms with van der Waals surface area (Å²) in [4.78, 5) is 0. The van der Waals surface area contributed by atoms with Crippen molar-refractivity contribution in [3.63, 3.8) is 0 Å². The number of benzene rings is 1. The van der Waals surface area contributed by atoms with Gasteiger partial charge in [0.05, 0.1) is 11.7 Å². The Labute approximate surface area is 124 Å². The number of morpholine rings is 1. The molecule has 1 N–H and O–H groups in total. The van der Waals surface area contributed by atoms with Gasteiger partial charge in [0.2, 0.25) is 0 Å². The van der Waals surface area contributed by atoms with E-state index in [1.165, 1.54) is 31.4 Å². The lowest BCUT2D eigenvalue weighted by Crippen LogP contribution is -2.52. The van der Waals surface area contributed by atoms with E-state index in [1.807, 2.05) is 0 Å². The van der Waals surface area contributed by atoms with Crippen LogP contribution in [0, 0.1) is 17.6 Å². The van der Waals surface area contributed by atoms with Gasteiger partial charge in [-0.3, -0.25) is 0 Å². The van der Waals surface area contributed by atoms with Crippen LogP contribution in [0.25, 0.3) is 0 Å². The first-order valence-electron chi connectivity index (χ1n) is 7.95. The first kappa shape index (κ1) is 14.9. The van der Waals surface area contributed by atoms with E-state index >= 15 is 0 Å². The van der Waals surface area contributed by atoms with Crippen molar-refractivity contribution in [2.45, 2.75) is 50.7 Å². The number of hydrogen-bond acceptors (Lipinski definition) is 2. The molecule has 1 aliphatic heterocycles. The minimum absolute atomic E-state index is 0.126. The van der Waals surface area contributed by atoms with Crippen molar-refractivity contribution in [3.8, 4) is 0 Å². The summed E-state index contributed by atoms with van der Waals surface area (Å²) in [6.07, 6.45) is 5.55. The van der Waals surface area contributed by atoms with Crippen LogP contribution in [0.2, 0.25) is 0 Å². The van der Waals surface area contributed by atoms with Gasteiger partial charge < -0.3 is 10.1 Å². The van der Waals surface area contributed by atoms with Crippen molar-refractivity contribution >= 4 is 0 Å². The molecule has 116 valence electrons. The molecule has 1 saturated carbocycles. The van der Waals surface area contributed by atoms with Crippen molar-refractivity contribution < 1.29 is 13.5 Å². The summed E-state index contributed by atoms with van der Waals surface area (Å²) in [7, 11) is 0. The maximum atomic E-state index is 13.4. The Morgan fingerprint density at radius 2 is 2.00 bits per heavy atom. The molecule has 0 bridgehead atoms. The van der Waals surface area contributed by atoms with E-state index in [4.69, 9.17) is 4.74 Å². The monoisotopic (exact) mass is 295 g/mol. The molecule has 1 unspecified atom stereocenters. The summed E-state index contributed by atoms with van der Waals surface area (Å²) >= 11 is 0. The van der Waals surface area contributed by atoms with Crippen LogP contribution in [0.1, 0.15) is 50.7 Å². The molecule has 0 amide bonds. The van der Waals surface area contributed by atoms with Crippen LogP contribution in [0.15, 0.2) is 18.2 Å². The Bertz CT molecular complexity index is 498. The standard InChI is InChI=1S/C17H23F2NO/c1-2-12-5-7-17(8-6-12)11-20-10-16(21-17)13-3-4-14(18)15(19)9-13/h3-4,9,12,16,20H,2,5-8,10-11H2,1H3. The number of rotatable bonds is 2. The minimum Gasteiger partial charge on any atom is -0.364 e. The van der Waals surface area contributed by atoms with Gasteiger partial charge in [-0.2, -0.15) is 0 Å². The topological polar surface area (TPSA) is 21.3 Å². The van der Waals surface area contributed by atoms with Crippen LogP contribution in [0.3, 0.4) is 0 Å². The highest BCUT2D eigenvalue weighted by Crippen LogP contribution is 2.40. The van der Waals surface area contributed by atoms with E-state index in [2.05, 4.69) is 12.2 Å². The molecule has 2 fully saturated rings. The SMILES string of the molecule is CCC1CCC2(CC1)CNCC(c1ccc(F)c(F)c1)O2. The van der Waals surface area contributed by atoms with Crippen molar-refractivity contribution in [1.29, 1.82) is 0 Å². The molecule has 1 spiro atoms. The summed E-state index contributed by atoms with van der Waals surface area (Å²) in [6.45, 7) is 3.76. The smallest absolute Gasteiger partial charge is 0.159 e. The summed E-state index contributed by atoms with van der Waals surface area (Å²) in [5, 5.41) is 3.42. The van der Waals surface area contributed by atoms with Gasteiger partial charge in [0.25, 0.3) is 0 Å². The predicted molar refractivity (Wildman–Crippen MR) is 78.0 cm³/mol. The third-order valence-electron chi connectivity index (χ3n) is 5.08. The van der Waals surface area contributed by atoms with Gasteiger partial charge in [0.15, 0.2) is 11.6 Å². The van der Waals surface area contributed by atoms with Gasteiger partial charge in [0.1, 0.15) is 0 Å². The number of ether oxygens (including phenoxy) is 1. The predicted octanol–water partition coefficient (Wildman–Crippen LogP) is 3.96. The van der Waals surface area contributed by atoms with Crippen molar-refractivity contribution in [2.75, 3.05) is 13.1 Å². The molecule has 21 heavy (non-hydrogen) atoms. The molecule has 1 heterocycles. The fourth-order valence-electron chi connectivity index (χ4n) is 3.62. The second-order valence-corrected chi connectivity index (χ2v) is 6.45. The van der Waals surface area contributed by atoms with E-state index in [-0.39, 0.29) is 11.7 Å². The zero-order valence-electron chi connectivity index (χ0n) is 12.5. The first-order valence-corrected chi connectivity index (χ1v) is 7.95. The van der Waals surface area contributed by atoms with Gasteiger partial charge in [-0.1, -0.05) is 19.4 Å². The fraction of sp³-hybridized carbons (Fsp3) is 0.647. The number of nitrogens with one attached hydrogen (secondary N) is 1. The highest BCUT2D eigenvalue weighted by molar-refractivity contribution is 5.21. The maximum Gasteiger partial charge on any atom is 0.159 e. The Hall–Kier alpha value is -1.00. The van der Waals surface area contributed by atoms with E-state index < -0.39 is 11.6 Å². The molecule has 3 rings (SSSR count). The minimum atomic E-state index is -0.805. The molecular formula is C17H23F2NO. The largest absolute Gasteiger partial charge is 0.364 e. The first-order chi connectivity index (χ1) is 10.1. The van der Waals surface area contributed by atoms with Gasteiger partial charge in [-0.15, -0.1) is 0 Å². The van der Waals surface area contributed by atoms with E-state index in [0.717, 1.165) is 30.9 Å². The van der Waals surface area contributed by atoms with E-state index in [1.54, 1.807) is 6.07 Å². The van der Waals surface area contributed by atoms with Crippen LogP contribution in [0.5, 0.6) is 0 Å². The van der Waals surface area contributed by atoms with Crippen LogP contribution >= 0.6 is 0 Å². The van der Waals surface area contributed by atoms with E-state index in [0.29, 0.717) is 6.54 Å². The molecule has 1 aromatic rings. The molecule has 0 aromatic heterocycles. The molecule has 0 radical (unpaired) electrons. The summed E-state index contributed by atoms with van der Waals surface area (Å²) in [5.74, 6) is -0.797. The second kappa shape index (κ2) is 6.01. The Morgan fingerprint density at radius 1 is 1.24 bits per heavy atom. The summed E-state index contributed by atoms with van der Waals surface area (Å²) in [6, 6.07) is 4.07. The molecule has 2 aliphatic rings. The molecular weight excluding hydrogens is 272 g/mol. The van der Waals surface area contributed by atoms with Gasteiger partial charge >= 0.3 is 0 Å². The van der Waals surface area contributed by atoms with E-state index in [9.17, 15) is 8.78 Å². The molecule has 1 saturated heterocycles. The third-order valence-corrected chi connectivity index (χ3v) is 5.08. The zero-order valence-corrected chi connectivity index (χ0v) is 12.5. The lowest BCUT2D eigenvalue weighted by molar-refractivity contribution is -0.141. The molecule has 1 atom stereocenters. The molecule has 2 nitrogen and oxygen atoms in total. The maximum absolute atomic E-state index is 13.4. The Kier molecular flexibility index (Phi) is 4.27. The summed E-state index contributed by atoms with van der Waals surface area (Å²) in [5.41, 5.74) is 0.595. The zero-order chi connectivity index (χ0) is 14.9. The Morgan fingerprint density at radius 3 is 2.67 bits per heavy atom. The van der Waals surface area contributed by atoms with Crippen molar-refractivity contribution in [2.24, 2.45) is 5.92 Å². The van der Waals surface area contributed by atoms with Crippen molar-refractivity contribution in [3.05, 3.63) is 35.4 Å². The quantitative estimate of drug-likeness (QED) is 0.891.